The fraction of sp³-hybridized carbons (Fsp3) is 0.385. The van der Waals surface area contributed by atoms with Gasteiger partial charge in [0, 0.05) is 25.2 Å². The predicted octanol–water partition coefficient (Wildman–Crippen LogP) is 1.98. The molecular formula is C13H18ClFN2O3. The van der Waals surface area contributed by atoms with E-state index in [0.717, 1.165) is 0 Å². The normalized spacial score (nSPS) is 9.95. The molecule has 0 fully saturated rings. The molecule has 7 heteroatoms. The summed E-state index contributed by atoms with van der Waals surface area (Å²) in [6.45, 7) is 0.844. The number of carboxylic acid groups (broad SMARTS) is 1. The zero-order valence-electron chi connectivity index (χ0n) is 11.1. The number of nitrogens with one attached hydrogen (secondary N) is 1. The lowest BCUT2D eigenvalue weighted by molar-refractivity contribution is -0.137. The Hall–Kier alpha value is -1.66. The number of halogens is 2. The van der Waals surface area contributed by atoms with Crippen LogP contribution in [0.2, 0.25) is 0 Å². The summed E-state index contributed by atoms with van der Waals surface area (Å²) in [6, 6.07) is 5.67. The van der Waals surface area contributed by atoms with Gasteiger partial charge >= 0.3 is 5.97 Å². The van der Waals surface area contributed by atoms with Gasteiger partial charge in [-0.3, -0.25) is 9.59 Å². The van der Waals surface area contributed by atoms with Gasteiger partial charge in [0.1, 0.15) is 5.82 Å². The van der Waals surface area contributed by atoms with Crippen LogP contribution in [0.4, 0.5) is 10.1 Å². The van der Waals surface area contributed by atoms with E-state index in [4.69, 9.17) is 5.11 Å². The van der Waals surface area contributed by atoms with Crippen molar-refractivity contribution >= 4 is 30.0 Å². The highest BCUT2D eigenvalue weighted by Crippen LogP contribution is 2.09. The third kappa shape index (κ3) is 7.70. The van der Waals surface area contributed by atoms with Gasteiger partial charge in [-0.2, -0.15) is 0 Å². The molecule has 5 nitrogen and oxygen atoms in total. The standard InChI is InChI=1S/C13H17FN2O3.ClH/c1-16(8-6-13(18)19)7-5-12(17)15-11-4-2-3-10(14)9-11;/h2-4,9H,5-8H2,1H3,(H,15,17)(H,18,19);1H. The number of aliphatic carboxylic acids is 1. The van der Waals surface area contributed by atoms with Crippen molar-refractivity contribution in [3.8, 4) is 0 Å². The maximum atomic E-state index is 12.9. The minimum absolute atomic E-state index is 0. The number of carboxylic acids is 1. The van der Waals surface area contributed by atoms with Gasteiger partial charge in [-0.05, 0) is 25.2 Å². The first kappa shape index (κ1) is 18.3. The van der Waals surface area contributed by atoms with Crippen molar-refractivity contribution in [2.45, 2.75) is 12.8 Å². The molecule has 20 heavy (non-hydrogen) atoms. The van der Waals surface area contributed by atoms with Gasteiger partial charge in [0.2, 0.25) is 5.91 Å². The maximum Gasteiger partial charge on any atom is 0.304 e. The third-order valence-corrected chi connectivity index (χ3v) is 2.54. The second-order valence-electron chi connectivity index (χ2n) is 4.26. The Morgan fingerprint density at radius 1 is 1.30 bits per heavy atom. The molecule has 0 bridgehead atoms. The van der Waals surface area contributed by atoms with E-state index in [2.05, 4.69) is 5.32 Å². The van der Waals surface area contributed by atoms with E-state index in [1.807, 2.05) is 0 Å². The molecule has 112 valence electrons. The number of hydrogen-bond acceptors (Lipinski definition) is 3. The summed E-state index contributed by atoms with van der Waals surface area (Å²) < 4.78 is 12.9. The van der Waals surface area contributed by atoms with E-state index < -0.39 is 11.8 Å². The molecule has 0 spiro atoms. The Morgan fingerprint density at radius 2 is 1.95 bits per heavy atom. The van der Waals surface area contributed by atoms with Crippen molar-refractivity contribution in [1.82, 2.24) is 4.90 Å². The van der Waals surface area contributed by atoms with E-state index in [1.54, 1.807) is 18.0 Å². The number of rotatable bonds is 7. The van der Waals surface area contributed by atoms with Crippen LogP contribution in [0.5, 0.6) is 0 Å². The second-order valence-corrected chi connectivity index (χ2v) is 4.26. The van der Waals surface area contributed by atoms with Crippen LogP contribution in [-0.4, -0.2) is 42.0 Å². The highest BCUT2D eigenvalue weighted by Gasteiger charge is 2.07. The molecule has 1 aromatic carbocycles. The van der Waals surface area contributed by atoms with Crippen molar-refractivity contribution in [2.75, 3.05) is 25.5 Å². The summed E-state index contributed by atoms with van der Waals surface area (Å²) >= 11 is 0. The molecule has 0 atom stereocenters. The Labute approximate surface area is 123 Å². The average molecular weight is 305 g/mol. The molecular weight excluding hydrogens is 287 g/mol. The van der Waals surface area contributed by atoms with Gasteiger partial charge in [0.15, 0.2) is 0 Å². The average Bonchev–Trinajstić information content (AvgIpc) is 2.34. The SMILES string of the molecule is CN(CCC(=O)O)CCC(=O)Nc1cccc(F)c1.Cl. The van der Waals surface area contributed by atoms with Gasteiger partial charge < -0.3 is 15.3 Å². The van der Waals surface area contributed by atoms with Gasteiger partial charge in [-0.1, -0.05) is 6.07 Å². The predicted molar refractivity (Wildman–Crippen MR) is 76.6 cm³/mol. The van der Waals surface area contributed by atoms with Crippen LogP contribution < -0.4 is 5.32 Å². The Kier molecular flexibility index (Phi) is 8.51. The lowest BCUT2D eigenvalue weighted by atomic mass is 10.3. The lowest BCUT2D eigenvalue weighted by Gasteiger charge is -2.14. The minimum Gasteiger partial charge on any atom is -0.481 e. The zero-order valence-corrected chi connectivity index (χ0v) is 12.0. The van der Waals surface area contributed by atoms with Gasteiger partial charge in [0.05, 0.1) is 6.42 Å². The number of amides is 1. The smallest absolute Gasteiger partial charge is 0.304 e. The molecule has 1 amide bonds. The molecule has 0 radical (unpaired) electrons. The van der Waals surface area contributed by atoms with E-state index in [9.17, 15) is 14.0 Å². The van der Waals surface area contributed by atoms with Gasteiger partial charge in [-0.25, -0.2) is 4.39 Å². The first-order chi connectivity index (χ1) is 8.97. The zero-order chi connectivity index (χ0) is 14.3. The summed E-state index contributed by atoms with van der Waals surface area (Å²) in [5.41, 5.74) is 0.415. The van der Waals surface area contributed by atoms with Crippen LogP contribution in [0.3, 0.4) is 0 Å². The number of carbonyl (C=O) groups excluding carboxylic acids is 1. The van der Waals surface area contributed by atoms with Crippen LogP contribution in [0.1, 0.15) is 12.8 Å². The van der Waals surface area contributed by atoms with E-state index in [-0.39, 0.29) is 31.2 Å². The third-order valence-electron chi connectivity index (χ3n) is 2.54. The first-order valence-electron chi connectivity index (χ1n) is 5.93. The maximum absolute atomic E-state index is 12.9. The number of nitrogens with zero attached hydrogens (tertiary/aromatic N) is 1. The summed E-state index contributed by atoms with van der Waals surface area (Å²) in [7, 11) is 1.75. The summed E-state index contributed by atoms with van der Waals surface area (Å²) in [5, 5.41) is 11.1. The van der Waals surface area contributed by atoms with E-state index in [1.165, 1.54) is 18.2 Å². The molecule has 0 saturated carbocycles. The molecule has 0 aliphatic carbocycles. The topological polar surface area (TPSA) is 69.6 Å². The number of benzene rings is 1. The van der Waals surface area contributed by atoms with Crippen LogP contribution in [0.15, 0.2) is 24.3 Å². The Morgan fingerprint density at radius 3 is 2.55 bits per heavy atom. The van der Waals surface area contributed by atoms with Crippen molar-refractivity contribution in [2.24, 2.45) is 0 Å². The number of anilines is 1. The molecule has 0 aliphatic rings. The van der Waals surface area contributed by atoms with Crippen molar-refractivity contribution in [3.63, 3.8) is 0 Å². The minimum atomic E-state index is -0.865. The highest BCUT2D eigenvalue weighted by atomic mass is 35.5. The molecule has 0 unspecified atom stereocenters. The summed E-state index contributed by atoms with van der Waals surface area (Å²) in [6.07, 6.45) is 0.272. The van der Waals surface area contributed by atoms with Gasteiger partial charge in [0.25, 0.3) is 0 Å². The van der Waals surface area contributed by atoms with Crippen molar-refractivity contribution in [3.05, 3.63) is 30.1 Å². The molecule has 0 aromatic heterocycles. The fourth-order valence-corrected chi connectivity index (χ4v) is 1.48. The molecule has 1 rings (SSSR count). The van der Waals surface area contributed by atoms with Crippen LogP contribution >= 0.6 is 12.4 Å². The monoisotopic (exact) mass is 304 g/mol. The molecule has 0 heterocycles. The van der Waals surface area contributed by atoms with Crippen LogP contribution in [0, 0.1) is 5.82 Å². The van der Waals surface area contributed by atoms with Crippen molar-refractivity contribution in [1.29, 1.82) is 0 Å². The number of hydrogen-bond donors (Lipinski definition) is 2. The molecule has 1 aromatic rings. The number of carbonyl (C=O) groups is 2. The van der Waals surface area contributed by atoms with Crippen molar-refractivity contribution < 1.29 is 19.1 Å². The molecule has 0 saturated heterocycles. The van der Waals surface area contributed by atoms with E-state index in [0.29, 0.717) is 18.8 Å². The van der Waals surface area contributed by atoms with E-state index >= 15 is 0 Å². The van der Waals surface area contributed by atoms with Crippen LogP contribution in [0.25, 0.3) is 0 Å². The quantitative estimate of drug-likeness (QED) is 0.808. The fourth-order valence-electron chi connectivity index (χ4n) is 1.48. The Bertz CT molecular complexity index is 457. The largest absolute Gasteiger partial charge is 0.481 e. The first-order valence-corrected chi connectivity index (χ1v) is 5.93. The Balaban J connectivity index is 0.00000361. The molecule has 0 aliphatic heterocycles. The summed E-state index contributed by atoms with van der Waals surface area (Å²) in [4.78, 5) is 23.7. The summed E-state index contributed by atoms with van der Waals surface area (Å²) in [5.74, 6) is -1.50. The molecule has 2 N–H and O–H groups in total. The van der Waals surface area contributed by atoms with Crippen LogP contribution in [-0.2, 0) is 9.59 Å². The van der Waals surface area contributed by atoms with Gasteiger partial charge in [-0.15, -0.1) is 12.4 Å². The second kappa shape index (κ2) is 9.28. The highest BCUT2D eigenvalue weighted by molar-refractivity contribution is 5.90. The lowest BCUT2D eigenvalue weighted by Crippen LogP contribution is -2.26.